The van der Waals surface area contributed by atoms with Crippen LogP contribution in [0.5, 0.6) is 0 Å². The van der Waals surface area contributed by atoms with E-state index in [-0.39, 0.29) is 384 Å². The Balaban J connectivity index is -0.000000112. The minimum atomic E-state index is -6.97. The van der Waals surface area contributed by atoms with Crippen molar-refractivity contribution in [3.63, 3.8) is 0 Å². The zero-order chi connectivity index (χ0) is 31.9. The Bertz CT molecular complexity index is 1200. The van der Waals surface area contributed by atoms with Crippen molar-refractivity contribution in [3.05, 3.63) is 0 Å². The maximum atomic E-state index is 11.9. The summed E-state index contributed by atoms with van der Waals surface area (Å²) in [5, 5.41) is 0. The summed E-state index contributed by atoms with van der Waals surface area (Å²) in [5.41, 5.74) is 0. The van der Waals surface area contributed by atoms with Crippen LogP contribution in [0.15, 0.2) is 0 Å². The van der Waals surface area contributed by atoms with E-state index in [4.69, 9.17) is 0 Å². The molecule has 1 aliphatic carbocycles. The zero-order valence-electron chi connectivity index (χ0n) is 30.6. The van der Waals surface area contributed by atoms with E-state index in [0.717, 1.165) is 0 Å². The van der Waals surface area contributed by atoms with Gasteiger partial charge in [-0.3, -0.25) is 8.88 Å². The van der Waals surface area contributed by atoms with E-state index in [2.05, 4.69) is 31.5 Å². The molecule has 47 heteroatoms. The monoisotopic (exact) mass is 1030 g/mol. The first kappa shape index (κ1) is 99.9. The molecular weight excluding hydrogens is 1020 g/mol. The van der Waals surface area contributed by atoms with Gasteiger partial charge in [0.15, 0.2) is 0 Å². The maximum absolute atomic E-state index is 11.9. The van der Waals surface area contributed by atoms with Crippen LogP contribution in [0.1, 0.15) is 0 Å². The third-order valence-electron chi connectivity index (χ3n) is 3.65. The van der Waals surface area contributed by atoms with E-state index in [1.807, 2.05) is 0 Å². The van der Waals surface area contributed by atoms with Gasteiger partial charge in [-0.25, -0.2) is 0 Å². The Morgan fingerprint density at radius 1 is 0.245 bits per heavy atom. The van der Waals surface area contributed by atoms with Crippen molar-refractivity contribution in [1.82, 2.24) is 0 Å². The van der Waals surface area contributed by atoms with Gasteiger partial charge in [0.25, 0.3) is 7.82 Å². The molecule has 0 aromatic heterocycles. The smallest absolute Gasteiger partial charge is 0.790 e. The van der Waals surface area contributed by atoms with E-state index in [1.54, 1.807) is 0 Å². The standard InChI is InChI=1S/C6H19O27P7.13Na/c7-34(8,9)27-1-2(28-35(10,11)12)4(30-37(16,17)18)6(32-40(25,26)33-39(22,23)24)5(31-38(19,20)21)3(1)29-36(13,14)15;;;;;;;;;;;;;/h1-6H,(H,25,26)(H2,7,8,9)(H2,10,11,12)(H2,13,14,15)(H2,16,17,18)(H2,19,20,21)(H2,22,23,24);;;;;;;;;;;;;/q;13*+1/p-13/t1?,2-,3+,4-,5-,6?;;;;;;;;;;;;;/m0............./s1. The van der Waals surface area contributed by atoms with Gasteiger partial charge in [-0.05, 0) is 0 Å². The van der Waals surface area contributed by atoms with E-state index in [0.29, 0.717) is 0 Å². The summed E-state index contributed by atoms with van der Waals surface area (Å²) >= 11 is 0. The molecule has 1 rings (SSSR count). The normalized spacial score (nSPS) is 22.1. The van der Waals surface area contributed by atoms with Crippen LogP contribution in [0, 0.1) is 0 Å². The third-order valence-corrected chi connectivity index (χ3v) is 8.26. The van der Waals surface area contributed by atoms with Gasteiger partial charge < -0.3 is 118 Å². The van der Waals surface area contributed by atoms with Crippen LogP contribution in [-0.4, -0.2) is 36.6 Å². The molecule has 53 heavy (non-hydrogen) atoms. The molecule has 0 bridgehead atoms. The van der Waals surface area contributed by atoms with Gasteiger partial charge in [0.1, 0.15) is 36.6 Å². The summed E-state index contributed by atoms with van der Waals surface area (Å²) in [7, 11) is -47.8. The molecule has 240 valence electrons. The predicted molar refractivity (Wildman–Crippen MR) is 83.6 cm³/mol. The Morgan fingerprint density at radius 3 is 0.491 bits per heavy atom. The van der Waals surface area contributed by atoms with Crippen molar-refractivity contribution in [1.29, 1.82) is 0 Å². The number of phosphoric ester groups is 6. The summed E-state index contributed by atoms with van der Waals surface area (Å²) in [6, 6.07) is 0. The largest absolute Gasteiger partial charge is 1.00 e. The minimum Gasteiger partial charge on any atom is -0.790 e. The molecule has 0 aliphatic heterocycles. The first-order valence-electron chi connectivity index (χ1n) is 8.53. The molecule has 27 nitrogen and oxygen atoms in total. The zero-order valence-corrected chi connectivity index (χ0v) is 62.9. The van der Waals surface area contributed by atoms with Gasteiger partial charge in [-0.1, -0.05) is 0 Å². The van der Waals surface area contributed by atoms with Crippen molar-refractivity contribution in [2.45, 2.75) is 36.6 Å². The number of hydrogen-bond acceptors (Lipinski definition) is 27. The van der Waals surface area contributed by atoms with Gasteiger partial charge in [-0.15, -0.1) is 0 Å². The Labute approximate surface area is 588 Å². The minimum absolute atomic E-state index is 0. The second-order valence-electron chi connectivity index (χ2n) is 6.63. The van der Waals surface area contributed by atoms with Crippen LogP contribution in [0.25, 0.3) is 0 Å². The summed E-state index contributed by atoms with van der Waals surface area (Å²) in [6.45, 7) is 0. The molecule has 0 N–H and O–H groups in total. The van der Waals surface area contributed by atoms with Crippen LogP contribution < -0.4 is 448 Å². The van der Waals surface area contributed by atoms with Crippen LogP contribution in [-0.2, 0) is 63.4 Å². The molecular formula is C6H6Na13O27P7. The average molecular weight is 1030 g/mol. The second-order valence-corrected chi connectivity index (χ2v) is 14.8. The number of hydrogen-bond donors (Lipinski definition) is 0. The molecule has 0 spiro atoms. The molecule has 3 unspecified atom stereocenters. The van der Waals surface area contributed by atoms with Gasteiger partial charge in [0.2, 0.25) is 0 Å². The summed E-state index contributed by atoms with van der Waals surface area (Å²) in [5.74, 6) is 0. The fraction of sp³-hybridized carbons (Fsp3) is 1.00. The summed E-state index contributed by atoms with van der Waals surface area (Å²) in [6.07, 6.45) is -22.5. The molecule has 1 saturated carbocycles. The first-order chi connectivity index (χ1) is 17.3. The Hall–Kier alpha value is 13.8. The fourth-order valence-electron chi connectivity index (χ4n) is 2.88. The van der Waals surface area contributed by atoms with Gasteiger partial charge >= 0.3 is 384 Å². The number of rotatable bonds is 14. The fourth-order valence-corrected chi connectivity index (χ4v) is 7.24. The molecule has 0 aromatic carbocycles. The van der Waals surface area contributed by atoms with Crippen molar-refractivity contribution < 1.29 is 511 Å². The molecule has 1 fully saturated rings. The van der Waals surface area contributed by atoms with Crippen molar-refractivity contribution >= 4 is 54.8 Å². The molecule has 0 heterocycles. The van der Waals surface area contributed by atoms with Crippen LogP contribution in [0.4, 0.5) is 0 Å². The van der Waals surface area contributed by atoms with Crippen LogP contribution >= 0.6 is 54.8 Å². The van der Waals surface area contributed by atoms with E-state index in [9.17, 15) is 95.6 Å². The van der Waals surface area contributed by atoms with Crippen LogP contribution in [0.3, 0.4) is 0 Å². The average Bonchev–Trinajstić information content (AvgIpc) is 2.57. The van der Waals surface area contributed by atoms with Crippen LogP contribution in [0.2, 0.25) is 0 Å². The predicted octanol–water partition coefficient (Wildman–Crippen LogP) is -50.2. The molecule has 0 amide bonds. The third kappa shape index (κ3) is 49.2. The van der Waals surface area contributed by atoms with Crippen molar-refractivity contribution in [2.75, 3.05) is 0 Å². The second kappa shape index (κ2) is 42.3. The van der Waals surface area contributed by atoms with E-state index in [1.165, 1.54) is 0 Å². The van der Waals surface area contributed by atoms with E-state index >= 15 is 0 Å². The molecule has 0 radical (unpaired) electrons. The first-order valence-corrected chi connectivity index (χ1v) is 18.8. The maximum Gasteiger partial charge on any atom is 1.00 e. The molecule has 1 aliphatic rings. The van der Waals surface area contributed by atoms with E-state index < -0.39 is 91.4 Å². The van der Waals surface area contributed by atoms with Gasteiger partial charge in [-0.2, -0.15) is 0 Å². The molecule has 7 atom stereocenters. The van der Waals surface area contributed by atoms with Crippen molar-refractivity contribution in [3.8, 4) is 0 Å². The Kier molecular flexibility index (Phi) is 79.8. The summed E-state index contributed by atoms with van der Waals surface area (Å²) in [4.78, 5) is 145. The topological polar surface area (TPSA) is 484 Å². The quantitative estimate of drug-likeness (QED) is 0.115. The summed E-state index contributed by atoms with van der Waals surface area (Å²) < 4.78 is 103. The Morgan fingerprint density at radius 2 is 0.377 bits per heavy atom. The van der Waals surface area contributed by atoms with Gasteiger partial charge in [0.05, 0.1) is 46.9 Å². The molecule has 0 saturated heterocycles. The SMILES string of the molecule is O=P([O-])([O-])OC1[C@@H](OP(=O)([O-])[O-])[C@H](OP(=O)([O-])[O-])C(OP(=O)([O-])OP(=O)([O-])[O-])[C@@H](OP(=O)([O-])[O-])[C@H]1OP(=O)([O-])[O-].[Na+].[Na+].[Na+].[Na+].[Na+].[Na+].[Na+].[Na+].[Na+].[Na+].[Na+].[Na+].[Na+]. The molecule has 0 aromatic rings. The van der Waals surface area contributed by atoms with Crippen molar-refractivity contribution in [2.24, 2.45) is 0 Å². The number of phosphoric acid groups is 7. The van der Waals surface area contributed by atoms with Gasteiger partial charge in [0, 0.05) is 0 Å².